The SMILES string of the molecule is CCCOC(=O)C1=C(C)NC2=C(C(=O)C[C@@H](c3ccc(OC)cc3)C2)[C@@H]1c1cc(Cl)c(O)c(OCC)c1. The van der Waals surface area contributed by atoms with Crippen LogP contribution >= 0.6 is 11.6 Å². The fourth-order valence-electron chi connectivity index (χ4n) is 5.05. The maximum atomic E-state index is 13.8. The van der Waals surface area contributed by atoms with Gasteiger partial charge in [0.15, 0.2) is 17.3 Å². The molecule has 37 heavy (non-hydrogen) atoms. The van der Waals surface area contributed by atoms with Crippen LogP contribution in [0.25, 0.3) is 0 Å². The Balaban J connectivity index is 1.81. The summed E-state index contributed by atoms with van der Waals surface area (Å²) in [5.74, 6) is -0.503. The highest BCUT2D eigenvalue weighted by Gasteiger charge is 2.42. The number of benzene rings is 2. The molecule has 1 heterocycles. The summed E-state index contributed by atoms with van der Waals surface area (Å²) in [5, 5.41) is 13.8. The standard InChI is InChI=1S/C29H32ClNO6/c1-5-11-37-29(34)25-16(3)31-22-13-18(17-7-9-20(35-4)10-8-17)14-23(32)27(22)26(25)19-12-21(30)28(33)24(15-19)36-6-2/h7-10,12,15,18,26,31,33H,5-6,11,13-14H2,1-4H3/t18-,26+/m0/s1. The molecule has 1 aliphatic carbocycles. The van der Waals surface area contributed by atoms with Crippen LogP contribution in [0.15, 0.2) is 58.9 Å². The van der Waals surface area contributed by atoms with Gasteiger partial charge >= 0.3 is 5.97 Å². The first-order valence-corrected chi connectivity index (χ1v) is 12.9. The van der Waals surface area contributed by atoms with Gasteiger partial charge in [-0.3, -0.25) is 4.79 Å². The molecule has 2 aromatic carbocycles. The second-order valence-corrected chi connectivity index (χ2v) is 9.62. The monoisotopic (exact) mass is 525 g/mol. The molecule has 0 bridgehead atoms. The lowest BCUT2D eigenvalue weighted by Crippen LogP contribution is -2.36. The first kappa shape index (κ1) is 26.6. The molecule has 7 nitrogen and oxygen atoms in total. The van der Waals surface area contributed by atoms with Gasteiger partial charge in [-0.25, -0.2) is 4.79 Å². The highest BCUT2D eigenvalue weighted by Crippen LogP contribution is 2.48. The van der Waals surface area contributed by atoms with Crippen LogP contribution in [-0.4, -0.2) is 37.2 Å². The molecule has 2 N–H and O–H groups in total. The van der Waals surface area contributed by atoms with Crippen LogP contribution in [0.1, 0.15) is 63.0 Å². The topological polar surface area (TPSA) is 94.1 Å². The van der Waals surface area contributed by atoms with Gasteiger partial charge in [-0.05, 0) is 68.0 Å². The average molecular weight is 526 g/mol. The number of nitrogens with one attached hydrogen (secondary N) is 1. The minimum Gasteiger partial charge on any atom is -0.503 e. The number of rotatable bonds is 8. The molecule has 2 aliphatic rings. The molecule has 0 fully saturated rings. The maximum Gasteiger partial charge on any atom is 0.336 e. The van der Waals surface area contributed by atoms with Crippen molar-refractivity contribution < 1.29 is 28.9 Å². The van der Waals surface area contributed by atoms with Crippen molar-refractivity contribution in [1.82, 2.24) is 5.32 Å². The van der Waals surface area contributed by atoms with E-state index in [4.69, 9.17) is 25.8 Å². The Morgan fingerprint density at radius 1 is 1.14 bits per heavy atom. The second kappa shape index (κ2) is 11.3. The number of hydrogen-bond donors (Lipinski definition) is 2. The van der Waals surface area contributed by atoms with Gasteiger partial charge in [-0.1, -0.05) is 30.7 Å². The number of Topliss-reactive ketones (excluding diaryl/α,β-unsaturated/α-hetero) is 1. The summed E-state index contributed by atoms with van der Waals surface area (Å²) in [4.78, 5) is 27.0. The third kappa shape index (κ3) is 5.32. The first-order valence-electron chi connectivity index (χ1n) is 12.5. The Kier molecular flexibility index (Phi) is 8.13. The Hall–Kier alpha value is -3.45. The normalized spacial score (nSPS) is 19.3. The molecule has 1 aliphatic heterocycles. The molecule has 0 amide bonds. The van der Waals surface area contributed by atoms with Gasteiger partial charge in [0.2, 0.25) is 0 Å². The molecule has 196 valence electrons. The number of ketones is 1. The number of dihydropyridines is 1. The molecule has 2 aromatic rings. The fraction of sp³-hybridized carbons (Fsp3) is 0.379. The van der Waals surface area contributed by atoms with Crippen LogP contribution in [-0.2, 0) is 14.3 Å². The van der Waals surface area contributed by atoms with Crippen LogP contribution < -0.4 is 14.8 Å². The van der Waals surface area contributed by atoms with E-state index in [9.17, 15) is 14.7 Å². The predicted molar refractivity (Wildman–Crippen MR) is 141 cm³/mol. The van der Waals surface area contributed by atoms with Crippen LogP contribution in [0.5, 0.6) is 17.2 Å². The maximum absolute atomic E-state index is 13.8. The Bertz CT molecular complexity index is 1260. The molecule has 2 atom stereocenters. The zero-order chi connectivity index (χ0) is 26.7. The van der Waals surface area contributed by atoms with Crippen molar-refractivity contribution in [3.8, 4) is 17.2 Å². The molecular weight excluding hydrogens is 494 g/mol. The number of phenolic OH excluding ortho intramolecular Hbond substituents is 1. The lowest BCUT2D eigenvalue weighted by atomic mass is 9.71. The molecule has 8 heteroatoms. The number of carbonyl (C=O) groups is 2. The van der Waals surface area contributed by atoms with Gasteiger partial charge in [0, 0.05) is 29.3 Å². The molecule has 4 rings (SSSR count). The Morgan fingerprint density at radius 2 is 1.86 bits per heavy atom. The Labute approximate surface area is 222 Å². The number of carbonyl (C=O) groups excluding carboxylic acids is 2. The number of methoxy groups -OCH3 is 1. The van der Waals surface area contributed by atoms with E-state index in [0.29, 0.717) is 48.3 Å². The van der Waals surface area contributed by atoms with Crippen molar-refractivity contribution in [3.05, 3.63) is 75.1 Å². The lowest BCUT2D eigenvalue weighted by molar-refractivity contribution is -0.139. The number of ether oxygens (including phenoxy) is 3. The molecule has 0 saturated heterocycles. The number of hydrogen-bond acceptors (Lipinski definition) is 7. The van der Waals surface area contributed by atoms with Crippen molar-refractivity contribution in [2.45, 2.75) is 51.9 Å². The predicted octanol–water partition coefficient (Wildman–Crippen LogP) is 5.77. The number of allylic oxidation sites excluding steroid dienone is 3. The minimum atomic E-state index is -0.706. The number of halogens is 1. The van der Waals surface area contributed by atoms with E-state index >= 15 is 0 Å². The fourth-order valence-corrected chi connectivity index (χ4v) is 5.27. The molecular formula is C29H32ClNO6. The lowest BCUT2D eigenvalue weighted by Gasteiger charge is -2.37. The molecule has 0 aromatic heterocycles. The Morgan fingerprint density at radius 3 is 2.51 bits per heavy atom. The van der Waals surface area contributed by atoms with Crippen molar-refractivity contribution in [3.63, 3.8) is 0 Å². The molecule has 0 spiro atoms. The zero-order valence-corrected chi connectivity index (χ0v) is 22.3. The largest absolute Gasteiger partial charge is 0.503 e. The van der Waals surface area contributed by atoms with Gasteiger partial charge in [-0.2, -0.15) is 0 Å². The van der Waals surface area contributed by atoms with E-state index in [1.165, 1.54) is 0 Å². The molecule has 0 unspecified atom stereocenters. The van der Waals surface area contributed by atoms with Gasteiger partial charge in [0.05, 0.1) is 30.9 Å². The smallest absolute Gasteiger partial charge is 0.336 e. The van der Waals surface area contributed by atoms with E-state index < -0.39 is 11.9 Å². The summed E-state index contributed by atoms with van der Waals surface area (Å²) in [6.07, 6.45) is 1.57. The number of phenols is 1. The van der Waals surface area contributed by atoms with Crippen molar-refractivity contribution in [1.29, 1.82) is 0 Å². The summed E-state index contributed by atoms with van der Waals surface area (Å²) in [6, 6.07) is 11.0. The van der Waals surface area contributed by atoms with E-state index in [-0.39, 0.29) is 34.8 Å². The highest BCUT2D eigenvalue weighted by molar-refractivity contribution is 6.32. The van der Waals surface area contributed by atoms with Gasteiger partial charge < -0.3 is 24.6 Å². The van der Waals surface area contributed by atoms with E-state index in [2.05, 4.69) is 5.32 Å². The van der Waals surface area contributed by atoms with Crippen LogP contribution in [0, 0.1) is 0 Å². The van der Waals surface area contributed by atoms with Crippen LogP contribution in [0.4, 0.5) is 0 Å². The summed E-state index contributed by atoms with van der Waals surface area (Å²) in [7, 11) is 1.62. The molecule has 0 radical (unpaired) electrons. The van der Waals surface area contributed by atoms with E-state index in [1.807, 2.05) is 38.1 Å². The second-order valence-electron chi connectivity index (χ2n) is 9.21. The van der Waals surface area contributed by atoms with Gasteiger partial charge in [-0.15, -0.1) is 0 Å². The summed E-state index contributed by atoms with van der Waals surface area (Å²) in [5.41, 5.74) is 3.89. The van der Waals surface area contributed by atoms with E-state index in [1.54, 1.807) is 26.2 Å². The zero-order valence-electron chi connectivity index (χ0n) is 21.5. The number of esters is 1. The quantitative estimate of drug-likeness (QED) is 0.423. The summed E-state index contributed by atoms with van der Waals surface area (Å²) < 4.78 is 16.4. The first-order chi connectivity index (χ1) is 17.8. The van der Waals surface area contributed by atoms with Crippen molar-refractivity contribution >= 4 is 23.4 Å². The van der Waals surface area contributed by atoms with Crippen LogP contribution in [0.2, 0.25) is 5.02 Å². The summed E-state index contributed by atoms with van der Waals surface area (Å²) in [6.45, 7) is 6.11. The minimum absolute atomic E-state index is 0.0194. The van der Waals surface area contributed by atoms with Crippen LogP contribution in [0.3, 0.4) is 0 Å². The highest BCUT2D eigenvalue weighted by atomic mass is 35.5. The molecule has 0 saturated carbocycles. The number of aromatic hydroxyl groups is 1. The average Bonchev–Trinajstić information content (AvgIpc) is 2.89. The van der Waals surface area contributed by atoms with Gasteiger partial charge in [0.25, 0.3) is 0 Å². The van der Waals surface area contributed by atoms with E-state index in [0.717, 1.165) is 17.0 Å². The third-order valence-corrected chi connectivity index (χ3v) is 7.04. The third-order valence-electron chi connectivity index (χ3n) is 6.76. The van der Waals surface area contributed by atoms with Crippen molar-refractivity contribution in [2.24, 2.45) is 0 Å². The van der Waals surface area contributed by atoms with Crippen molar-refractivity contribution in [2.75, 3.05) is 20.3 Å². The van der Waals surface area contributed by atoms with Gasteiger partial charge in [0.1, 0.15) is 5.75 Å². The summed E-state index contributed by atoms with van der Waals surface area (Å²) >= 11 is 6.37.